The molecule has 0 aliphatic heterocycles. The maximum atomic E-state index is 8.94. The smallest absolute Gasteiger partial charge is 0.100 e. The summed E-state index contributed by atoms with van der Waals surface area (Å²) >= 11 is 1.60. The van der Waals surface area contributed by atoms with Gasteiger partial charge in [0.1, 0.15) is 6.07 Å². The van der Waals surface area contributed by atoms with E-state index in [0.29, 0.717) is 12.0 Å². The summed E-state index contributed by atoms with van der Waals surface area (Å²) in [5, 5.41) is 22.9. The summed E-state index contributed by atoms with van der Waals surface area (Å²) in [5.41, 5.74) is 0.727. The van der Waals surface area contributed by atoms with Crippen molar-refractivity contribution in [3.05, 3.63) is 21.9 Å². The third-order valence-corrected chi connectivity index (χ3v) is 3.50. The predicted octanol–water partition coefficient (Wildman–Crippen LogP) is 2.12. The van der Waals surface area contributed by atoms with Gasteiger partial charge < -0.3 is 10.4 Å². The Labute approximate surface area is 101 Å². The first-order valence-corrected chi connectivity index (χ1v) is 6.37. The molecule has 3 nitrogen and oxygen atoms in total. The van der Waals surface area contributed by atoms with Crippen molar-refractivity contribution in [2.45, 2.75) is 32.9 Å². The molecular weight excluding hydrogens is 220 g/mol. The molecule has 0 aromatic carbocycles. The number of aliphatic hydroxyl groups excluding tert-OH is 1. The fraction of sp³-hybridized carbons (Fsp3) is 0.583. The van der Waals surface area contributed by atoms with Crippen LogP contribution in [-0.4, -0.2) is 17.8 Å². The molecule has 1 heterocycles. The zero-order chi connectivity index (χ0) is 12.0. The summed E-state index contributed by atoms with van der Waals surface area (Å²) in [4.78, 5) is 1.17. The van der Waals surface area contributed by atoms with E-state index in [2.05, 4.69) is 25.2 Å². The molecule has 1 atom stereocenters. The lowest BCUT2D eigenvalue weighted by Gasteiger charge is -2.21. The van der Waals surface area contributed by atoms with Crippen LogP contribution in [0.2, 0.25) is 0 Å². The molecular formula is C12H18N2OS. The minimum absolute atomic E-state index is 0.212. The van der Waals surface area contributed by atoms with E-state index >= 15 is 0 Å². The maximum Gasteiger partial charge on any atom is 0.100 e. The Kier molecular flexibility index (Phi) is 5.47. The number of nitriles is 1. The molecule has 1 unspecified atom stereocenters. The second-order valence-corrected chi connectivity index (χ2v) is 5.15. The van der Waals surface area contributed by atoms with E-state index in [1.54, 1.807) is 11.3 Å². The van der Waals surface area contributed by atoms with Gasteiger partial charge in [-0.2, -0.15) is 5.26 Å². The number of nitrogens with one attached hydrogen (secondary N) is 1. The summed E-state index contributed by atoms with van der Waals surface area (Å²) in [6, 6.07) is 4.37. The first kappa shape index (κ1) is 13.2. The Balaban J connectivity index is 2.45. The zero-order valence-corrected chi connectivity index (χ0v) is 10.5. The molecule has 88 valence electrons. The van der Waals surface area contributed by atoms with Gasteiger partial charge in [0, 0.05) is 29.5 Å². The van der Waals surface area contributed by atoms with E-state index in [1.807, 2.05) is 11.4 Å². The highest BCUT2D eigenvalue weighted by Crippen LogP contribution is 2.15. The number of hydrogen-bond acceptors (Lipinski definition) is 4. The van der Waals surface area contributed by atoms with Crippen molar-refractivity contribution in [3.63, 3.8) is 0 Å². The van der Waals surface area contributed by atoms with Gasteiger partial charge in [-0.15, -0.1) is 11.3 Å². The molecule has 0 fully saturated rings. The van der Waals surface area contributed by atoms with E-state index in [-0.39, 0.29) is 6.61 Å². The fourth-order valence-corrected chi connectivity index (χ4v) is 2.33. The van der Waals surface area contributed by atoms with Crippen LogP contribution in [0.1, 0.15) is 30.7 Å². The Bertz CT molecular complexity index is 354. The molecule has 1 rings (SSSR count). The summed E-state index contributed by atoms with van der Waals surface area (Å²) in [7, 11) is 0. The molecule has 0 saturated carbocycles. The number of rotatable bonds is 6. The van der Waals surface area contributed by atoms with E-state index in [1.165, 1.54) is 4.88 Å². The molecule has 16 heavy (non-hydrogen) atoms. The summed E-state index contributed by atoms with van der Waals surface area (Å²) in [6.07, 6.45) is 0.772. The molecule has 1 aromatic rings. The number of nitrogens with zero attached hydrogens (tertiary/aromatic N) is 1. The first-order valence-electron chi connectivity index (χ1n) is 5.49. The third-order valence-electron chi connectivity index (χ3n) is 2.57. The van der Waals surface area contributed by atoms with Crippen LogP contribution < -0.4 is 5.32 Å². The topological polar surface area (TPSA) is 56.0 Å². The molecule has 0 saturated heterocycles. The van der Waals surface area contributed by atoms with Crippen molar-refractivity contribution >= 4 is 11.3 Å². The normalized spacial score (nSPS) is 12.7. The Hall–Kier alpha value is -0.890. The second-order valence-electron chi connectivity index (χ2n) is 4.16. The van der Waals surface area contributed by atoms with E-state index in [0.717, 1.165) is 18.5 Å². The molecule has 4 heteroatoms. The van der Waals surface area contributed by atoms with Gasteiger partial charge >= 0.3 is 0 Å². The molecule has 0 bridgehead atoms. The maximum absolute atomic E-state index is 8.94. The monoisotopic (exact) mass is 238 g/mol. The van der Waals surface area contributed by atoms with E-state index < -0.39 is 0 Å². The van der Waals surface area contributed by atoms with E-state index in [4.69, 9.17) is 10.4 Å². The third kappa shape index (κ3) is 3.93. The van der Waals surface area contributed by atoms with Gasteiger partial charge in [-0.1, -0.05) is 13.8 Å². The fourth-order valence-electron chi connectivity index (χ4n) is 1.57. The van der Waals surface area contributed by atoms with Crippen LogP contribution in [0.4, 0.5) is 0 Å². The summed E-state index contributed by atoms with van der Waals surface area (Å²) < 4.78 is 0. The lowest BCUT2D eigenvalue weighted by atomic mass is 10.0. The SMILES string of the molecule is CC(C)C(CCO)NCc1cc(C#N)cs1. The van der Waals surface area contributed by atoms with Gasteiger partial charge in [-0.3, -0.25) is 0 Å². The van der Waals surface area contributed by atoms with Crippen LogP contribution in [0.15, 0.2) is 11.4 Å². The van der Waals surface area contributed by atoms with Crippen LogP contribution in [0.5, 0.6) is 0 Å². The van der Waals surface area contributed by atoms with Gasteiger partial charge in [0.2, 0.25) is 0 Å². The number of hydrogen-bond donors (Lipinski definition) is 2. The van der Waals surface area contributed by atoms with Crippen molar-refractivity contribution in [2.24, 2.45) is 5.92 Å². The molecule has 0 aliphatic carbocycles. The lowest BCUT2D eigenvalue weighted by Crippen LogP contribution is -2.33. The number of aliphatic hydroxyl groups is 1. The van der Waals surface area contributed by atoms with Crippen LogP contribution in [0.25, 0.3) is 0 Å². The van der Waals surface area contributed by atoms with Crippen LogP contribution in [0, 0.1) is 17.2 Å². The molecule has 1 aromatic heterocycles. The standard InChI is InChI=1S/C12H18N2OS/c1-9(2)12(3-4-15)14-7-11-5-10(6-13)8-16-11/h5,8-9,12,14-15H,3-4,7H2,1-2H3. The minimum Gasteiger partial charge on any atom is -0.396 e. The minimum atomic E-state index is 0.212. The Morgan fingerprint density at radius 3 is 2.81 bits per heavy atom. The van der Waals surface area contributed by atoms with Gasteiger partial charge in [0.25, 0.3) is 0 Å². The molecule has 2 N–H and O–H groups in total. The van der Waals surface area contributed by atoms with Gasteiger partial charge in [0.15, 0.2) is 0 Å². The molecule has 0 spiro atoms. The average Bonchev–Trinajstić information content (AvgIpc) is 2.71. The summed E-state index contributed by atoms with van der Waals surface area (Å²) in [5.74, 6) is 0.502. The second kappa shape index (κ2) is 6.64. The van der Waals surface area contributed by atoms with Crippen LogP contribution in [0.3, 0.4) is 0 Å². The highest BCUT2D eigenvalue weighted by molar-refractivity contribution is 7.10. The molecule has 0 radical (unpaired) electrons. The van der Waals surface area contributed by atoms with Crippen molar-refractivity contribution in [1.82, 2.24) is 5.32 Å². The van der Waals surface area contributed by atoms with Crippen molar-refractivity contribution < 1.29 is 5.11 Å². The molecule has 0 aliphatic rings. The largest absolute Gasteiger partial charge is 0.396 e. The van der Waals surface area contributed by atoms with E-state index in [9.17, 15) is 0 Å². The Morgan fingerprint density at radius 1 is 1.56 bits per heavy atom. The Morgan fingerprint density at radius 2 is 2.31 bits per heavy atom. The quantitative estimate of drug-likeness (QED) is 0.798. The van der Waals surface area contributed by atoms with Crippen molar-refractivity contribution in [2.75, 3.05) is 6.61 Å². The predicted molar refractivity (Wildman–Crippen MR) is 66.2 cm³/mol. The molecule has 0 amide bonds. The first-order chi connectivity index (χ1) is 7.67. The highest BCUT2D eigenvalue weighted by atomic mass is 32.1. The van der Waals surface area contributed by atoms with Crippen molar-refractivity contribution in [1.29, 1.82) is 5.26 Å². The van der Waals surface area contributed by atoms with Gasteiger partial charge in [-0.25, -0.2) is 0 Å². The van der Waals surface area contributed by atoms with Crippen molar-refractivity contribution in [3.8, 4) is 6.07 Å². The van der Waals surface area contributed by atoms with Crippen LogP contribution in [-0.2, 0) is 6.54 Å². The van der Waals surface area contributed by atoms with Gasteiger partial charge in [-0.05, 0) is 18.4 Å². The van der Waals surface area contributed by atoms with Crippen LogP contribution >= 0.6 is 11.3 Å². The lowest BCUT2D eigenvalue weighted by molar-refractivity contribution is 0.244. The highest BCUT2D eigenvalue weighted by Gasteiger charge is 2.12. The number of thiophene rings is 1. The summed E-state index contributed by atoms with van der Waals surface area (Å²) in [6.45, 7) is 5.27. The zero-order valence-electron chi connectivity index (χ0n) is 9.73. The average molecular weight is 238 g/mol. The van der Waals surface area contributed by atoms with Gasteiger partial charge in [0.05, 0.1) is 5.56 Å².